The molecule has 0 spiro atoms. The molecule has 0 aliphatic carbocycles. The highest BCUT2D eigenvalue weighted by Crippen LogP contribution is 2.19. The first-order chi connectivity index (χ1) is 10.2. The molecule has 0 fully saturated rings. The van der Waals surface area contributed by atoms with Gasteiger partial charge in [-0.2, -0.15) is 13.2 Å². The van der Waals surface area contributed by atoms with Gasteiger partial charge in [0, 0.05) is 12.5 Å². The van der Waals surface area contributed by atoms with Crippen LogP contribution in [0.15, 0.2) is 24.3 Å². The maximum absolute atomic E-state index is 12.1. The number of carbonyl (C=O) groups excluding carboxylic acids is 3. The number of esters is 1. The minimum Gasteiger partial charge on any atom is -0.466 e. The average Bonchev–Trinajstić information content (AvgIpc) is 2.43. The second-order valence-electron chi connectivity index (χ2n) is 4.66. The van der Waals surface area contributed by atoms with Crippen LogP contribution in [0.1, 0.15) is 35.7 Å². The van der Waals surface area contributed by atoms with Crippen LogP contribution in [0.2, 0.25) is 0 Å². The number of benzene rings is 1. The summed E-state index contributed by atoms with van der Waals surface area (Å²) in [6.45, 7) is 1.58. The first-order valence-corrected chi connectivity index (χ1v) is 6.55. The number of alkyl halides is 3. The lowest BCUT2D eigenvalue weighted by Gasteiger charge is -2.06. The maximum Gasteiger partial charge on any atom is 0.450 e. The number of hydrogen-bond acceptors (Lipinski definition) is 4. The Bertz CT molecular complexity index is 547. The normalized spacial score (nSPS) is 11.1. The third kappa shape index (κ3) is 6.07. The molecule has 0 bridgehead atoms. The fourth-order valence-corrected chi connectivity index (χ4v) is 1.70. The molecule has 0 radical (unpaired) electrons. The summed E-state index contributed by atoms with van der Waals surface area (Å²) in [6.07, 6.45) is -4.98. The van der Waals surface area contributed by atoms with Crippen molar-refractivity contribution < 1.29 is 32.3 Å². The van der Waals surface area contributed by atoms with E-state index in [0.717, 1.165) is 5.56 Å². The average molecular weight is 316 g/mol. The van der Waals surface area contributed by atoms with Gasteiger partial charge in [-0.15, -0.1) is 0 Å². The Morgan fingerprint density at radius 3 is 2.18 bits per heavy atom. The summed E-state index contributed by atoms with van der Waals surface area (Å²) in [6, 6.07) is 5.96. The summed E-state index contributed by atoms with van der Waals surface area (Å²) in [7, 11) is 0. The Morgan fingerprint density at radius 2 is 1.68 bits per heavy atom. The van der Waals surface area contributed by atoms with Crippen LogP contribution in [0.5, 0.6) is 0 Å². The van der Waals surface area contributed by atoms with Crippen LogP contribution in [-0.2, 0) is 20.7 Å². The molecule has 1 aromatic rings. The minimum absolute atomic E-state index is 0.0568. The van der Waals surface area contributed by atoms with E-state index in [1.54, 1.807) is 12.1 Å². The number of Topliss-reactive ketones (excluding diaryl/α,β-unsaturated/α-hetero) is 2. The Morgan fingerprint density at radius 1 is 1.09 bits per heavy atom. The lowest BCUT2D eigenvalue weighted by Crippen LogP contribution is -2.25. The quantitative estimate of drug-likeness (QED) is 0.336. The van der Waals surface area contributed by atoms with E-state index in [9.17, 15) is 27.6 Å². The number of ether oxygens (including phenoxy) is 1. The van der Waals surface area contributed by atoms with E-state index in [-0.39, 0.29) is 18.1 Å². The van der Waals surface area contributed by atoms with Crippen LogP contribution in [0, 0.1) is 0 Å². The van der Waals surface area contributed by atoms with Gasteiger partial charge in [-0.3, -0.25) is 14.4 Å². The zero-order valence-electron chi connectivity index (χ0n) is 11.9. The van der Waals surface area contributed by atoms with Crippen molar-refractivity contribution in [2.45, 2.75) is 32.4 Å². The van der Waals surface area contributed by atoms with E-state index >= 15 is 0 Å². The molecule has 22 heavy (non-hydrogen) atoms. The second kappa shape index (κ2) is 7.72. The second-order valence-corrected chi connectivity index (χ2v) is 4.66. The smallest absolute Gasteiger partial charge is 0.450 e. The predicted molar refractivity (Wildman–Crippen MR) is 71.4 cm³/mol. The van der Waals surface area contributed by atoms with Crippen LogP contribution in [0.3, 0.4) is 0 Å². The number of rotatable bonds is 7. The van der Waals surface area contributed by atoms with Gasteiger partial charge in [-0.05, 0) is 18.4 Å². The van der Waals surface area contributed by atoms with Crippen LogP contribution in [0.4, 0.5) is 13.2 Å². The van der Waals surface area contributed by atoms with Crippen molar-refractivity contribution in [1.82, 2.24) is 0 Å². The van der Waals surface area contributed by atoms with E-state index in [4.69, 9.17) is 4.74 Å². The molecule has 0 heterocycles. The molecule has 1 rings (SSSR count). The number of carbonyl (C=O) groups is 3. The zero-order chi connectivity index (χ0) is 16.8. The summed E-state index contributed by atoms with van der Waals surface area (Å²) < 4.78 is 41.0. The molecule has 0 saturated carbocycles. The van der Waals surface area contributed by atoms with E-state index in [1.807, 2.05) is 0 Å². The largest absolute Gasteiger partial charge is 0.466 e. The van der Waals surface area contributed by atoms with Crippen LogP contribution in [-0.4, -0.2) is 30.3 Å². The lowest BCUT2D eigenvalue weighted by atomic mass is 10.0. The van der Waals surface area contributed by atoms with Crippen molar-refractivity contribution in [3.63, 3.8) is 0 Å². The molecule has 7 heteroatoms. The van der Waals surface area contributed by atoms with Gasteiger partial charge in [-0.25, -0.2) is 0 Å². The highest BCUT2D eigenvalue weighted by Gasteiger charge is 2.39. The highest BCUT2D eigenvalue weighted by atomic mass is 19.4. The maximum atomic E-state index is 12.1. The number of halogens is 3. The van der Waals surface area contributed by atoms with Crippen molar-refractivity contribution in [2.24, 2.45) is 0 Å². The topological polar surface area (TPSA) is 60.4 Å². The predicted octanol–water partition coefficient (Wildman–Crippen LogP) is 2.89. The summed E-state index contributed by atoms with van der Waals surface area (Å²) >= 11 is 0. The molecule has 0 aliphatic heterocycles. The highest BCUT2D eigenvalue weighted by molar-refractivity contribution is 6.09. The molecule has 0 aromatic heterocycles. The SMILES string of the molecule is CC(=O)OCCCc1ccc(C(=O)CC(=O)C(F)(F)F)cc1. The van der Waals surface area contributed by atoms with Gasteiger partial charge in [0.1, 0.15) is 0 Å². The Hall–Kier alpha value is -2.18. The monoisotopic (exact) mass is 316 g/mol. The fraction of sp³-hybridized carbons (Fsp3) is 0.400. The van der Waals surface area contributed by atoms with Crippen molar-refractivity contribution in [1.29, 1.82) is 0 Å². The summed E-state index contributed by atoms with van der Waals surface area (Å²) in [5.74, 6) is -3.29. The molecule has 0 saturated heterocycles. The zero-order valence-corrected chi connectivity index (χ0v) is 11.9. The van der Waals surface area contributed by atoms with E-state index in [1.165, 1.54) is 19.1 Å². The molecule has 0 atom stereocenters. The fourth-order valence-electron chi connectivity index (χ4n) is 1.70. The number of ketones is 2. The molecule has 120 valence electrons. The van der Waals surface area contributed by atoms with Gasteiger partial charge >= 0.3 is 12.1 Å². The van der Waals surface area contributed by atoms with Crippen molar-refractivity contribution in [3.8, 4) is 0 Å². The van der Waals surface area contributed by atoms with Crippen LogP contribution in [0.25, 0.3) is 0 Å². The Labute approximate surface area is 125 Å². The Balaban J connectivity index is 2.52. The third-order valence-electron chi connectivity index (χ3n) is 2.83. The number of aryl methyl sites for hydroxylation is 1. The van der Waals surface area contributed by atoms with Gasteiger partial charge in [0.05, 0.1) is 13.0 Å². The van der Waals surface area contributed by atoms with E-state index in [0.29, 0.717) is 12.8 Å². The van der Waals surface area contributed by atoms with Gasteiger partial charge in [0.25, 0.3) is 0 Å². The van der Waals surface area contributed by atoms with Crippen molar-refractivity contribution in [2.75, 3.05) is 6.61 Å². The van der Waals surface area contributed by atoms with Crippen LogP contribution >= 0.6 is 0 Å². The molecule has 1 aromatic carbocycles. The van der Waals surface area contributed by atoms with Gasteiger partial charge < -0.3 is 4.74 Å². The summed E-state index contributed by atoms with van der Waals surface area (Å²) in [4.78, 5) is 32.9. The van der Waals surface area contributed by atoms with Gasteiger partial charge in [-0.1, -0.05) is 24.3 Å². The van der Waals surface area contributed by atoms with Crippen molar-refractivity contribution >= 4 is 17.5 Å². The van der Waals surface area contributed by atoms with Crippen molar-refractivity contribution in [3.05, 3.63) is 35.4 Å². The molecule has 0 aliphatic rings. The first kappa shape index (κ1) is 17.9. The molecule has 0 unspecified atom stereocenters. The molecular weight excluding hydrogens is 301 g/mol. The summed E-state index contributed by atoms with van der Waals surface area (Å²) in [5, 5.41) is 0. The molecule has 4 nitrogen and oxygen atoms in total. The standard InChI is InChI=1S/C15H15F3O4/c1-10(19)22-8-2-3-11-4-6-12(7-5-11)13(20)9-14(21)15(16,17)18/h4-7H,2-3,8-9H2,1H3. The molecular formula is C15H15F3O4. The molecule has 0 N–H and O–H groups in total. The lowest BCUT2D eigenvalue weighted by molar-refractivity contribution is -0.170. The van der Waals surface area contributed by atoms with Crippen LogP contribution < -0.4 is 0 Å². The first-order valence-electron chi connectivity index (χ1n) is 6.55. The van der Waals surface area contributed by atoms with Gasteiger partial charge in [0.2, 0.25) is 5.78 Å². The molecule has 0 amide bonds. The summed E-state index contributed by atoms with van der Waals surface area (Å²) in [5.41, 5.74) is 0.909. The third-order valence-corrected chi connectivity index (χ3v) is 2.83. The number of hydrogen-bond donors (Lipinski definition) is 0. The van der Waals surface area contributed by atoms with Gasteiger partial charge in [0.15, 0.2) is 5.78 Å². The van der Waals surface area contributed by atoms with E-state index < -0.39 is 24.2 Å². The van der Waals surface area contributed by atoms with E-state index in [2.05, 4.69) is 0 Å². The Kier molecular flexibility index (Phi) is 6.27. The minimum atomic E-state index is -4.99.